The monoisotopic (exact) mass is 487 g/mol. The van der Waals surface area contributed by atoms with Crippen molar-refractivity contribution >= 4 is 17.8 Å². The maximum Gasteiger partial charge on any atom is 0.407 e. The molecule has 2 unspecified atom stereocenters. The molecule has 0 aromatic heterocycles. The van der Waals surface area contributed by atoms with Gasteiger partial charge in [-0.3, -0.25) is 9.59 Å². The number of aryl methyl sites for hydroxylation is 1. The zero-order valence-corrected chi connectivity index (χ0v) is 22.4. The highest BCUT2D eigenvalue weighted by Crippen LogP contribution is 2.49. The number of benzene rings is 1. The summed E-state index contributed by atoms with van der Waals surface area (Å²) in [5, 5.41) is 2.91. The Kier molecular flexibility index (Phi) is 11.3. The zero-order chi connectivity index (χ0) is 25.9. The number of hydrogen-bond donors (Lipinski definition) is 1. The number of esters is 1. The van der Waals surface area contributed by atoms with Crippen LogP contribution in [0.3, 0.4) is 0 Å². The highest BCUT2D eigenvalue weighted by Gasteiger charge is 2.42. The molecule has 2 rings (SSSR count). The van der Waals surface area contributed by atoms with Crippen LogP contribution in [-0.4, -0.2) is 37.1 Å². The minimum atomic E-state index is -0.390. The summed E-state index contributed by atoms with van der Waals surface area (Å²) in [5.41, 5.74) is 1.17. The molecule has 1 aliphatic carbocycles. The highest BCUT2D eigenvalue weighted by molar-refractivity contribution is 5.78. The van der Waals surface area contributed by atoms with Gasteiger partial charge in [-0.05, 0) is 74.7 Å². The van der Waals surface area contributed by atoms with Gasteiger partial charge in [-0.15, -0.1) is 0 Å². The van der Waals surface area contributed by atoms with Gasteiger partial charge in [0.1, 0.15) is 5.78 Å². The van der Waals surface area contributed by atoms with E-state index in [0.29, 0.717) is 38.8 Å². The molecule has 1 N–H and O–H groups in total. The summed E-state index contributed by atoms with van der Waals surface area (Å²) in [6.45, 7) is 11.2. The first kappa shape index (κ1) is 28.9. The average Bonchev–Trinajstić information content (AvgIpc) is 2.75. The smallest absolute Gasteiger partial charge is 0.407 e. The number of carbonyl (C=O) groups excluding carboxylic acids is 3. The van der Waals surface area contributed by atoms with Crippen LogP contribution < -0.4 is 5.32 Å². The summed E-state index contributed by atoms with van der Waals surface area (Å²) in [6, 6.07) is 10.0. The number of rotatable bonds is 13. The van der Waals surface area contributed by atoms with Crippen molar-refractivity contribution < 1.29 is 23.9 Å². The standard InChI is InChI=1S/C29H45NO5/c1-22(2)35-27(33)30-21-29(5)19-24(18-28(3,4)20-29)17-26(32)34-16-10-9-13-25(31)15-14-23-11-7-6-8-12-23/h6-8,11-12,22,24H,9-10,13-21H2,1-5H3,(H,30,33). The Morgan fingerprint density at radius 3 is 2.43 bits per heavy atom. The van der Waals surface area contributed by atoms with Gasteiger partial charge >= 0.3 is 12.1 Å². The maximum atomic E-state index is 12.5. The SMILES string of the molecule is CC(C)OC(=O)NCC1(C)CC(CC(=O)OCCCCC(=O)CCc2ccccc2)CC(C)(C)C1. The van der Waals surface area contributed by atoms with E-state index in [-0.39, 0.29) is 40.7 Å². The van der Waals surface area contributed by atoms with Gasteiger partial charge in [0, 0.05) is 25.8 Å². The largest absolute Gasteiger partial charge is 0.466 e. The molecule has 1 saturated carbocycles. The Labute approximate surface area is 211 Å². The first-order valence-corrected chi connectivity index (χ1v) is 13.1. The number of ether oxygens (including phenoxy) is 2. The second-order valence-electron chi connectivity index (χ2n) is 11.6. The van der Waals surface area contributed by atoms with Gasteiger partial charge in [0.25, 0.3) is 0 Å². The van der Waals surface area contributed by atoms with Gasteiger partial charge in [0.15, 0.2) is 0 Å². The van der Waals surface area contributed by atoms with Gasteiger partial charge in [-0.25, -0.2) is 4.79 Å². The quantitative estimate of drug-likeness (QED) is 0.262. The van der Waals surface area contributed by atoms with Gasteiger partial charge in [-0.2, -0.15) is 0 Å². The van der Waals surface area contributed by atoms with Gasteiger partial charge in [-0.1, -0.05) is 51.1 Å². The predicted octanol–water partition coefficient (Wildman–Crippen LogP) is 6.26. The third kappa shape index (κ3) is 11.7. The van der Waals surface area contributed by atoms with E-state index >= 15 is 0 Å². The molecule has 1 aromatic carbocycles. The van der Waals surface area contributed by atoms with Crippen molar-refractivity contribution in [2.45, 2.75) is 98.5 Å². The normalized spacial score (nSPS) is 21.4. The number of unbranched alkanes of at least 4 members (excludes halogenated alkanes) is 1. The predicted molar refractivity (Wildman–Crippen MR) is 138 cm³/mol. The molecular formula is C29H45NO5. The number of nitrogens with one attached hydrogen (secondary N) is 1. The lowest BCUT2D eigenvalue weighted by Crippen LogP contribution is -2.44. The lowest BCUT2D eigenvalue weighted by molar-refractivity contribution is -0.146. The van der Waals surface area contributed by atoms with E-state index in [1.165, 1.54) is 5.56 Å². The Bertz CT molecular complexity index is 820. The Morgan fingerprint density at radius 1 is 1.03 bits per heavy atom. The molecule has 6 nitrogen and oxygen atoms in total. The van der Waals surface area contributed by atoms with Crippen molar-refractivity contribution in [2.75, 3.05) is 13.2 Å². The Morgan fingerprint density at radius 2 is 1.74 bits per heavy atom. The van der Waals surface area contributed by atoms with E-state index < -0.39 is 0 Å². The maximum absolute atomic E-state index is 12.5. The van der Waals surface area contributed by atoms with Gasteiger partial charge < -0.3 is 14.8 Å². The summed E-state index contributed by atoms with van der Waals surface area (Å²) >= 11 is 0. The Balaban J connectivity index is 1.67. The third-order valence-electron chi connectivity index (χ3n) is 6.63. The second-order valence-corrected chi connectivity index (χ2v) is 11.6. The van der Waals surface area contributed by atoms with Crippen LogP contribution in [0.15, 0.2) is 30.3 Å². The molecule has 1 aliphatic rings. The van der Waals surface area contributed by atoms with Crippen LogP contribution in [0.1, 0.15) is 91.5 Å². The first-order chi connectivity index (χ1) is 16.5. The zero-order valence-electron chi connectivity index (χ0n) is 22.4. The van der Waals surface area contributed by atoms with E-state index in [1.54, 1.807) is 0 Å². The number of carbonyl (C=O) groups is 3. The van der Waals surface area contributed by atoms with E-state index in [4.69, 9.17) is 9.47 Å². The molecule has 0 spiro atoms. The molecule has 0 heterocycles. The summed E-state index contributed by atoms with van der Waals surface area (Å²) in [5.74, 6) is 0.311. The Hall–Kier alpha value is -2.37. The fourth-order valence-electron chi connectivity index (χ4n) is 5.63. The minimum Gasteiger partial charge on any atom is -0.466 e. The van der Waals surface area contributed by atoms with Crippen molar-refractivity contribution in [3.05, 3.63) is 35.9 Å². The highest BCUT2D eigenvalue weighted by atomic mass is 16.6. The lowest BCUT2D eigenvalue weighted by Gasteiger charge is -2.46. The van der Waals surface area contributed by atoms with Crippen molar-refractivity contribution in [1.29, 1.82) is 0 Å². The number of alkyl carbamates (subject to hydrolysis) is 1. The van der Waals surface area contributed by atoms with E-state index in [9.17, 15) is 14.4 Å². The number of Topliss-reactive ketones (excluding diaryl/α,β-unsaturated/α-hetero) is 1. The summed E-state index contributed by atoms with van der Waals surface area (Å²) in [4.78, 5) is 36.5. The minimum absolute atomic E-state index is 0.0850. The van der Waals surface area contributed by atoms with Crippen LogP contribution in [0, 0.1) is 16.7 Å². The lowest BCUT2D eigenvalue weighted by atomic mass is 9.60. The molecule has 1 fully saturated rings. The van der Waals surface area contributed by atoms with Crippen molar-refractivity contribution in [3.8, 4) is 0 Å². The van der Waals surface area contributed by atoms with Crippen LogP contribution in [0.2, 0.25) is 0 Å². The van der Waals surface area contributed by atoms with Crippen molar-refractivity contribution in [3.63, 3.8) is 0 Å². The molecule has 0 saturated heterocycles. The van der Waals surface area contributed by atoms with Crippen molar-refractivity contribution in [1.82, 2.24) is 5.32 Å². The molecule has 0 radical (unpaired) electrons. The molecule has 0 aliphatic heterocycles. The van der Waals surface area contributed by atoms with Crippen LogP contribution in [0.4, 0.5) is 4.79 Å². The summed E-state index contributed by atoms with van der Waals surface area (Å²) < 4.78 is 10.7. The van der Waals surface area contributed by atoms with Gasteiger partial charge in [0.05, 0.1) is 12.7 Å². The summed E-state index contributed by atoms with van der Waals surface area (Å²) in [7, 11) is 0. The first-order valence-electron chi connectivity index (χ1n) is 13.1. The number of ketones is 1. The van der Waals surface area contributed by atoms with Crippen molar-refractivity contribution in [2.24, 2.45) is 16.7 Å². The average molecular weight is 488 g/mol. The molecule has 6 heteroatoms. The number of amides is 1. The molecule has 196 valence electrons. The molecule has 0 bridgehead atoms. The molecule has 2 atom stereocenters. The molecular weight excluding hydrogens is 442 g/mol. The topological polar surface area (TPSA) is 81.7 Å². The fourth-order valence-corrected chi connectivity index (χ4v) is 5.63. The second kappa shape index (κ2) is 13.6. The van der Waals surface area contributed by atoms with E-state index in [1.807, 2.05) is 44.2 Å². The van der Waals surface area contributed by atoms with Crippen LogP contribution in [0.5, 0.6) is 0 Å². The fraction of sp³-hybridized carbons (Fsp3) is 0.690. The third-order valence-corrected chi connectivity index (χ3v) is 6.63. The van der Waals surface area contributed by atoms with Crippen LogP contribution in [-0.2, 0) is 25.5 Å². The van der Waals surface area contributed by atoms with E-state index in [0.717, 1.165) is 32.1 Å². The van der Waals surface area contributed by atoms with Crippen LogP contribution >= 0.6 is 0 Å². The van der Waals surface area contributed by atoms with E-state index in [2.05, 4.69) is 26.1 Å². The number of hydrogen-bond acceptors (Lipinski definition) is 5. The van der Waals surface area contributed by atoms with Gasteiger partial charge in [0.2, 0.25) is 0 Å². The molecule has 1 amide bonds. The summed E-state index contributed by atoms with van der Waals surface area (Å²) in [6.07, 6.45) is 5.98. The molecule has 35 heavy (non-hydrogen) atoms. The molecule has 1 aromatic rings. The van der Waals surface area contributed by atoms with Crippen LogP contribution in [0.25, 0.3) is 0 Å².